The van der Waals surface area contributed by atoms with Gasteiger partial charge in [0.05, 0.1) is 6.10 Å². The molecular weight excluding hydrogens is 226 g/mol. The molecule has 0 aliphatic heterocycles. The predicted octanol–water partition coefficient (Wildman–Crippen LogP) is 1.31. The van der Waals surface area contributed by atoms with Crippen molar-refractivity contribution in [2.75, 3.05) is 18.4 Å². The number of hydrogen-bond donors (Lipinski definition) is 1. The van der Waals surface area contributed by atoms with Crippen LogP contribution in [0.25, 0.3) is 0 Å². The Morgan fingerprint density at radius 3 is 2.50 bits per heavy atom. The highest BCUT2D eigenvalue weighted by Crippen LogP contribution is 1.95. The van der Waals surface area contributed by atoms with E-state index in [0.717, 1.165) is 12.8 Å². The number of hydrogen-bond acceptors (Lipinski definition) is 3. The molecule has 6 heteroatoms. The van der Waals surface area contributed by atoms with Crippen molar-refractivity contribution in [3.05, 3.63) is 0 Å². The van der Waals surface area contributed by atoms with Crippen molar-refractivity contribution in [2.24, 2.45) is 0 Å². The number of ether oxygens (including phenoxy) is 1. The van der Waals surface area contributed by atoms with E-state index in [1.165, 1.54) is 0 Å². The van der Waals surface area contributed by atoms with Crippen LogP contribution >= 0.6 is 11.6 Å². The summed E-state index contributed by atoms with van der Waals surface area (Å²) in [5.41, 5.74) is 0. The third kappa shape index (κ3) is 8.74. The normalized spacial score (nSPS) is 12.3. The van der Waals surface area contributed by atoms with E-state index in [2.05, 4.69) is 4.72 Å². The number of sulfonamides is 1. The quantitative estimate of drug-likeness (QED) is 0.517. The van der Waals surface area contributed by atoms with Gasteiger partial charge in [0.25, 0.3) is 0 Å². The molecule has 0 unspecified atom stereocenters. The summed E-state index contributed by atoms with van der Waals surface area (Å²) in [5, 5.41) is -0.379. The molecule has 0 bridgehead atoms. The van der Waals surface area contributed by atoms with Gasteiger partial charge in [-0.2, -0.15) is 0 Å². The lowest BCUT2D eigenvalue weighted by Crippen LogP contribution is -2.25. The van der Waals surface area contributed by atoms with Gasteiger partial charge in [0, 0.05) is 13.2 Å². The third-order valence-corrected chi connectivity index (χ3v) is 3.28. The predicted molar refractivity (Wildman–Crippen MR) is 58.0 cm³/mol. The molecule has 0 fully saturated rings. The van der Waals surface area contributed by atoms with Gasteiger partial charge in [0.2, 0.25) is 10.0 Å². The van der Waals surface area contributed by atoms with E-state index in [1.807, 2.05) is 13.8 Å². The van der Waals surface area contributed by atoms with E-state index in [1.54, 1.807) is 0 Å². The van der Waals surface area contributed by atoms with Crippen LogP contribution in [0, 0.1) is 0 Å². The Labute approximate surface area is 91.0 Å². The molecule has 0 radical (unpaired) electrons. The molecule has 86 valence electrons. The second kappa shape index (κ2) is 7.45. The zero-order valence-corrected chi connectivity index (χ0v) is 10.2. The average molecular weight is 244 g/mol. The van der Waals surface area contributed by atoms with Crippen LogP contribution in [0.4, 0.5) is 0 Å². The first-order chi connectivity index (χ1) is 6.48. The van der Waals surface area contributed by atoms with Gasteiger partial charge in [-0.3, -0.25) is 0 Å². The largest absolute Gasteiger partial charge is 0.379 e. The Kier molecular flexibility index (Phi) is 7.54. The summed E-state index contributed by atoms with van der Waals surface area (Å²) in [6, 6.07) is 0. The molecule has 0 aliphatic carbocycles. The van der Waals surface area contributed by atoms with E-state index in [4.69, 9.17) is 16.3 Å². The molecule has 0 aliphatic rings. The molecule has 1 N–H and O–H groups in total. The maximum atomic E-state index is 10.9. The van der Waals surface area contributed by atoms with E-state index in [0.29, 0.717) is 13.2 Å². The molecule has 0 heterocycles. The van der Waals surface area contributed by atoms with Crippen molar-refractivity contribution in [1.29, 1.82) is 0 Å². The van der Waals surface area contributed by atoms with Crippen molar-refractivity contribution in [3.63, 3.8) is 0 Å². The first kappa shape index (κ1) is 14.2. The number of unbranched alkanes of at least 4 members (excludes halogenated alkanes) is 1. The van der Waals surface area contributed by atoms with Gasteiger partial charge in [-0.1, -0.05) is 0 Å². The zero-order chi connectivity index (χ0) is 11.0. The zero-order valence-electron chi connectivity index (χ0n) is 8.62. The number of alkyl halides is 1. The van der Waals surface area contributed by atoms with E-state index in [9.17, 15) is 8.42 Å². The van der Waals surface area contributed by atoms with Crippen molar-refractivity contribution in [3.8, 4) is 0 Å². The summed E-state index contributed by atoms with van der Waals surface area (Å²) >= 11 is 5.20. The lowest BCUT2D eigenvalue weighted by molar-refractivity contribution is 0.0762. The number of halogens is 1. The lowest BCUT2D eigenvalue weighted by atomic mass is 10.3. The molecule has 0 aromatic carbocycles. The molecule has 0 aromatic rings. The van der Waals surface area contributed by atoms with Crippen LogP contribution in [0.15, 0.2) is 0 Å². The molecular formula is C8H18ClNO3S. The maximum Gasteiger partial charge on any atom is 0.225 e. The van der Waals surface area contributed by atoms with Crippen molar-refractivity contribution >= 4 is 21.6 Å². The van der Waals surface area contributed by atoms with Crippen molar-refractivity contribution in [2.45, 2.75) is 32.8 Å². The fourth-order valence-electron chi connectivity index (χ4n) is 0.812. The first-order valence-corrected chi connectivity index (χ1v) is 6.81. The summed E-state index contributed by atoms with van der Waals surface area (Å²) in [7, 11) is -3.25. The van der Waals surface area contributed by atoms with Crippen LogP contribution in [-0.2, 0) is 14.8 Å². The lowest BCUT2D eigenvalue weighted by Gasteiger charge is -2.07. The minimum absolute atomic E-state index is 0.231. The van der Waals surface area contributed by atoms with E-state index in [-0.39, 0.29) is 11.3 Å². The molecule has 0 saturated carbocycles. The van der Waals surface area contributed by atoms with Crippen LogP contribution in [0.2, 0.25) is 0 Å². The Hall–Kier alpha value is 0.160. The minimum Gasteiger partial charge on any atom is -0.379 e. The Morgan fingerprint density at radius 2 is 2.00 bits per heavy atom. The Balaban J connectivity index is 3.31. The van der Waals surface area contributed by atoms with Gasteiger partial charge in [-0.15, -0.1) is 11.6 Å². The summed E-state index contributed by atoms with van der Waals surface area (Å²) in [4.78, 5) is 0. The van der Waals surface area contributed by atoms with Crippen LogP contribution in [0.1, 0.15) is 26.7 Å². The fourth-order valence-corrected chi connectivity index (χ4v) is 1.58. The highest BCUT2D eigenvalue weighted by Gasteiger charge is 2.05. The second-order valence-corrected chi connectivity index (χ2v) is 5.64. The summed E-state index contributed by atoms with van der Waals surface area (Å²) < 4.78 is 29.4. The van der Waals surface area contributed by atoms with E-state index < -0.39 is 10.0 Å². The molecule has 4 nitrogen and oxygen atoms in total. The van der Waals surface area contributed by atoms with Gasteiger partial charge < -0.3 is 4.74 Å². The van der Waals surface area contributed by atoms with E-state index >= 15 is 0 Å². The number of rotatable bonds is 8. The average Bonchev–Trinajstić information content (AvgIpc) is 2.10. The molecule has 0 atom stereocenters. The SMILES string of the molecule is CC(C)OCCCCNS(=O)(=O)CCl. The molecule has 0 rings (SSSR count). The Morgan fingerprint density at radius 1 is 1.36 bits per heavy atom. The third-order valence-electron chi connectivity index (χ3n) is 1.49. The van der Waals surface area contributed by atoms with Crippen molar-refractivity contribution < 1.29 is 13.2 Å². The summed E-state index contributed by atoms with van der Waals surface area (Å²) in [6.45, 7) is 5.03. The molecule has 14 heavy (non-hydrogen) atoms. The number of nitrogens with one attached hydrogen (secondary N) is 1. The molecule has 0 spiro atoms. The second-order valence-electron chi connectivity index (χ2n) is 3.24. The smallest absolute Gasteiger partial charge is 0.225 e. The monoisotopic (exact) mass is 243 g/mol. The van der Waals surface area contributed by atoms with Gasteiger partial charge in [0.15, 0.2) is 0 Å². The molecule has 0 saturated heterocycles. The van der Waals surface area contributed by atoms with Crippen LogP contribution < -0.4 is 4.72 Å². The fraction of sp³-hybridized carbons (Fsp3) is 1.00. The standard InChI is InChI=1S/C8H18ClNO3S/c1-8(2)13-6-4-3-5-10-14(11,12)7-9/h8,10H,3-7H2,1-2H3. The van der Waals surface area contributed by atoms with Gasteiger partial charge in [-0.05, 0) is 26.7 Å². The van der Waals surface area contributed by atoms with Crippen molar-refractivity contribution in [1.82, 2.24) is 4.72 Å². The van der Waals surface area contributed by atoms with Crippen LogP contribution in [-0.4, -0.2) is 32.9 Å². The van der Waals surface area contributed by atoms with Gasteiger partial charge >= 0.3 is 0 Å². The van der Waals surface area contributed by atoms with Gasteiger partial charge in [0.1, 0.15) is 5.21 Å². The van der Waals surface area contributed by atoms with Gasteiger partial charge in [-0.25, -0.2) is 13.1 Å². The first-order valence-electron chi connectivity index (χ1n) is 4.63. The topological polar surface area (TPSA) is 55.4 Å². The highest BCUT2D eigenvalue weighted by atomic mass is 35.5. The summed E-state index contributed by atoms with van der Waals surface area (Å²) in [6.07, 6.45) is 1.85. The highest BCUT2D eigenvalue weighted by molar-refractivity contribution is 7.90. The maximum absolute atomic E-state index is 10.9. The minimum atomic E-state index is -3.25. The summed E-state index contributed by atoms with van der Waals surface area (Å²) in [5.74, 6) is 0. The molecule has 0 amide bonds. The Bertz CT molecular complexity index is 229. The van der Waals surface area contributed by atoms with Crippen LogP contribution in [0.3, 0.4) is 0 Å². The molecule has 0 aromatic heterocycles. The van der Waals surface area contributed by atoms with Crippen LogP contribution in [0.5, 0.6) is 0 Å².